The van der Waals surface area contributed by atoms with Crippen LogP contribution in [0.5, 0.6) is 0 Å². The van der Waals surface area contributed by atoms with Crippen molar-refractivity contribution in [3.05, 3.63) is 40.6 Å². The standard InChI is InChI=1S/C15H17F3N2O/c16-6-10-3-4-14(13(8-18)12(10)7-17)20-5-1-2-11(9-20)15(19)21/h3-4,9H,1-2,5-8H2,(H2,19,21). The van der Waals surface area contributed by atoms with E-state index in [0.717, 1.165) is 0 Å². The molecule has 0 bridgehead atoms. The summed E-state index contributed by atoms with van der Waals surface area (Å²) in [7, 11) is 0. The van der Waals surface area contributed by atoms with Crippen molar-refractivity contribution < 1.29 is 18.0 Å². The van der Waals surface area contributed by atoms with Gasteiger partial charge in [-0.3, -0.25) is 4.79 Å². The highest BCUT2D eigenvalue weighted by Gasteiger charge is 2.20. The summed E-state index contributed by atoms with van der Waals surface area (Å²) in [5.74, 6) is -0.521. The molecule has 0 saturated carbocycles. The molecule has 0 aromatic heterocycles. The number of alkyl halides is 3. The minimum atomic E-state index is -0.924. The molecule has 0 radical (unpaired) electrons. The van der Waals surface area contributed by atoms with Crippen molar-refractivity contribution >= 4 is 11.6 Å². The molecule has 2 N–H and O–H groups in total. The molecule has 0 atom stereocenters. The van der Waals surface area contributed by atoms with Crippen molar-refractivity contribution in [1.82, 2.24) is 0 Å². The van der Waals surface area contributed by atoms with Gasteiger partial charge in [-0.1, -0.05) is 6.07 Å². The van der Waals surface area contributed by atoms with E-state index in [0.29, 0.717) is 30.6 Å². The summed E-state index contributed by atoms with van der Waals surface area (Å²) in [4.78, 5) is 12.9. The zero-order valence-corrected chi connectivity index (χ0v) is 11.5. The maximum atomic E-state index is 13.3. The molecule has 1 amide bonds. The predicted molar refractivity (Wildman–Crippen MR) is 74.7 cm³/mol. The Hall–Kier alpha value is -1.98. The van der Waals surface area contributed by atoms with Crippen molar-refractivity contribution in [2.45, 2.75) is 32.9 Å². The highest BCUT2D eigenvalue weighted by Crippen LogP contribution is 2.31. The summed E-state index contributed by atoms with van der Waals surface area (Å²) >= 11 is 0. The number of primary amides is 1. The number of hydrogen-bond acceptors (Lipinski definition) is 2. The maximum Gasteiger partial charge on any atom is 0.246 e. The number of carbonyl (C=O) groups excluding carboxylic acids is 1. The largest absolute Gasteiger partial charge is 0.366 e. The first kappa shape index (κ1) is 15.4. The second-order valence-corrected chi connectivity index (χ2v) is 4.92. The Kier molecular flexibility index (Phi) is 4.88. The topological polar surface area (TPSA) is 46.3 Å². The number of hydrogen-bond donors (Lipinski definition) is 1. The Morgan fingerprint density at radius 2 is 1.86 bits per heavy atom. The van der Waals surface area contributed by atoms with E-state index in [4.69, 9.17) is 5.73 Å². The molecular weight excluding hydrogens is 281 g/mol. The van der Waals surface area contributed by atoms with Crippen LogP contribution in [0.4, 0.5) is 18.9 Å². The third-order valence-corrected chi connectivity index (χ3v) is 3.70. The van der Waals surface area contributed by atoms with Crippen LogP contribution in [0.3, 0.4) is 0 Å². The first-order valence-electron chi connectivity index (χ1n) is 6.71. The van der Waals surface area contributed by atoms with Gasteiger partial charge in [0.25, 0.3) is 0 Å². The van der Waals surface area contributed by atoms with E-state index >= 15 is 0 Å². The van der Waals surface area contributed by atoms with E-state index in [2.05, 4.69) is 0 Å². The Morgan fingerprint density at radius 1 is 1.14 bits per heavy atom. The summed E-state index contributed by atoms with van der Waals surface area (Å²) in [6.07, 6.45) is 2.82. The first-order valence-corrected chi connectivity index (χ1v) is 6.71. The normalized spacial score (nSPS) is 15.0. The predicted octanol–water partition coefficient (Wildman–Crippen LogP) is 3.06. The zero-order valence-electron chi connectivity index (χ0n) is 11.5. The molecule has 1 aliphatic rings. The van der Waals surface area contributed by atoms with Gasteiger partial charge in [0.05, 0.1) is 0 Å². The van der Waals surface area contributed by atoms with Crippen LogP contribution in [0.25, 0.3) is 0 Å². The van der Waals surface area contributed by atoms with Gasteiger partial charge in [0.1, 0.15) is 20.0 Å². The Labute approximate surface area is 121 Å². The fraction of sp³-hybridized carbons (Fsp3) is 0.400. The molecule has 3 nitrogen and oxygen atoms in total. The van der Waals surface area contributed by atoms with Crippen LogP contribution in [-0.2, 0) is 24.8 Å². The van der Waals surface area contributed by atoms with Gasteiger partial charge >= 0.3 is 0 Å². The molecule has 6 heteroatoms. The molecule has 21 heavy (non-hydrogen) atoms. The van der Waals surface area contributed by atoms with Crippen LogP contribution in [0.2, 0.25) is 0 Å². The number of halogens is 3. The number of anilines is 1. The van der Waals surface area contributed by atoms with Crippen molar-refractivity contribution in [2.24, 2.45) is 5.73 Å². The molecule has 114 valence electrons. The Balaban J connectivity index is 2.48. The smallest absolute Gasteiger partial charge is 0.246 e. The van der Waals surface area contributed by atoms with Crippen molar-refractivity contribution in [3.63, 3.8) is 0 Å². The van der Waals surface area contributed by atoms with Gasteiger partial charge in [-0.2, -0.15) is 0 Å². The molecule has 1 aromatic carbocycles. The molecule has 0 aliphatic carbocycles. The van der Waals surface area contributed by atoms with E-state index < -0.39 is 25.9 Å². The van der Waals surface area contributed by atoms with Crippen LogP contribution in [0.15, 0.2) is 23.9 Å². The monoisotopic (exact) mass is 298 g/mol. The molecule has 0 spiro atoms. The lowest BCUT2D eigenvalue weighted by Crippen LogP contribution is -2.28. The van der Waals surface area contributed by atoms with Gasteiger partial charge in [0.2, 0.25) is 5.91 Å². The number of nitrogens with two attached hydrogens (primary N) is 1. The summed E-state index contributed by atoms with van der Waals surface area (Å²) < 4.78 is 39.3. The van der Waals surface area contributed by atoms with Crippen LogP contribution < -0.4 is 10.6 Å². The average Bonchev–Trinajstić information content (AvgIpc) is 2.53. The molecule has 1 aliphatic heterocycles. The number of nitrogens with zero attached hydrogens (tertiary/aromatic N) is 1. The van der Waals surface area contributed by atoms with Gasteiger partial charge in [0, 0.05) is 29.6 Å². The van der Waals surface area contributed by atoms with Gasteiger partial charge in [-0.25, -0.2) is 13.2 Å². The Morgan fingerprint density at radius 3 is 2.43 bits per heavy atom. The van der Waals surface area contributed by atoms with Crippen LogP contribution in [0.1, 0.15) is 29.5 Å². The third-order valence-electron chi connectivity index (χ3n) is 3.70. The summed E-state index contributed by atoms with van der Waals surface area (Å²) in [6.45, 7) is -2.08. The van der Waals surface area contributed by atoms with E-state index in [1.54, 1.807) is 17.2 Å². The SMILES string of the molecule is NC(=O)C1=CN(c2ccc(CF)c(CF)c2CF)CCC1. The van der Waals surface area contributed by atoms with Crippen molar-refractivity contribution in [3.8, 4) is 0 Å². The molecule has 1 heterocycles. The summed E-state index contributed by atoms with van der Waals surface area (Å²) in [5, 5.41) is 0. The van der Waals surface area contributed by atoms with Crippen LogP contribution >= 0.6 is 0 Å². The maximum absolute atomic E-state index is 13.3. The Bertz CT molecular complexity index is 572. The van der Waals surface area contributed by atoms with Crippen LogP contribution in [0, 0.1) is 0 Å². The average molecular weight is 298 g/mol. The van der Waals surface area contributed by atoms with E-state index in [-0.39, 0.29) is 16.7 Å². The third kappa shape index (κ3) is 3.04. The molecule has 2 rings (SSSR count). The van der Waals surface area contributed by atoms with Gasteiger partial charge < -0.3 is 10.6 Å². The van der Waals surface area contributed by atoms with E-state index in [1.807, 2.05) is 0 Å². The number of carbonyl (C=O) groups is 1. The van der Waals surface area contributed by atoms with Gasteiger partial charge in [-0.05, 0) is 30.0 Å². The molecule has 0 fully saturated rings. The fourth-order valence-corrected chi connectivity index (χ4v) is 2.57. The number of amides is 1. The van der Waals surface area contributed by atoms with E-state index in [9.17, 15) is 18.0 Å². The number of benzene rings is 1. The highest BCUT2D eigenvalue weighted by molar-refractivity contribution is 5.92. The zero-order chi connectivity index (χ0) is 15.4. The summed E-state index contributed by atoms with van der Waals surface area (Å²) in [5.41, 5.74) is 6.51. The van der Waals surface area contributed by atoms with E-state index in [1.165, 1.54) is 6.07 Å². The second kappa shape index (κ2) is 6.65. The molecule has 1 aromatic rings. The van der Waals surface area contributed by atoms with Gasteiger partial charge in [-0.15, -0.1) is 0 Å². The fourth-order valence-electron chi connectivity index (χ4n) is 2.57. The van der Waals surface area contributed by atoms with Gasteiger partial charge in [0.15, 0.2) is 0 Å². The first-order chi connectivity index (χ1) is 10.1. The highest BCUT2D eigenvalue weighted by atomic mass is 19.1. The molecular formula is C15H17F3N2O. The lowest BCUT2D eigenvalue weighted by atomic mass is 9.99. The lowest BCUT2D eigenvalue weighted by molar-refractivity contribution is -0.114. The molecule has 0 unspecified atom stereocenters. The minimum Gasteiger partial charge on any atom is -0.366 e. The molecule has 0 saturated heterocycles. The van der Waals surface area contributed by atoms with Crippen LogP contribution in [-0.4, -0.2) is 12.5 Å². The second-order valence-electron chi connectivity index (χ2n) is 4.92. The quantitative estimate of drug-likeness (QED) is 0.908. The lowest BCUT2D eigenvalue weighted by Gasteiger charge is -2.28. The number of rotatable bonds is 5. The summed E-state index contributed by atoms with van der Waals surface area (Å²) in [6, 6.07) is 3.01. The minimum absolute atomic E-state index is 0.0529. The van der Waals surface area contributed by atoms with Crippen molar-refractivity contribution in [1.29, 1.82) is 0 Å². The van der Waals surface area contributed by atoms with Crippen molar-refractivity contribution in [2.75, 3.05) is 11.4 Å².